The molecular formula is C25H25N3O4S2. The van der Waals surface area contributed by atoms with Crippen molar-refractivity contribution in [2.75, 3.05) is 26.7 Å². The monoisotopic (exact) mass is 495 g/mol. The molecule has 2 bridgehead atoms. The van der Waals surface area contributed by atoms with Gasteiger partial charge in [-0.2, -0.15) is 0 Å². The van der Waals surface area contributed by atoms with E-state index in [9.17, 15) is 14.4 Å². The number of nitrogens with zero attached hydrogens (tertiary/aromatic N) is 3. The molecule has 0 spiro atoms. The lowest BCUT2D eigenvalue weighted by molar-refractivity contribution is -0.134. The van der Waals surface area contributed by atoms with Crippen LogP contribution < -0.4 is 10.3 Å². The topological polar surface area (TPSA) is 71.8 Å². The normalized spacial score (nSPS) is 22.8. The highest BCUT2D eigenvalue weighted by Gasteiger charge is 2.37. The van der Waals surface area contributed by atoms with Gasteiger partial charge >= 0.3 is 0 Å². The van der Waals surface area contributed by atoms with Crippen molar-refractivity contribution in [1.29, 1.82) is 0 Å². The summed E-state index contributed by atoms with van der Waals surface area (Å²) in [5.74, 6) is 1.01. The van der Waals surface area contributed by atoms with E-state index in [2.05, 4.69) is 0 Å². The van der Waals surface area contributed by atoms with Gasteiger partial charge in [0.25, 0.3) is 11.5 Å². The van der Waals surface area contributed by atoms with E-state index in [1.807, 2.05) is 39.8 Å². The molecule has 4 heterocycles. The van der Waals surface area contributed by atoms with Gasteiger partial charge in [0, 0.05) is 50.3 Å². The summed E-state index contributed by atoms with van der Waals surface area (Å²) in [5.41, 5.74) is 1.90. The summed E-state index contributed by atoms with van der Waals surface area (Å²) >= 11 is 6.69. The van der Waals surface area contributed by atoms with Gasteiger partial charge in [0.15, 0.2) is 0 Å². The number of hydrogen-bond donors (Lipinski definition) is 0. The molecule has 0 aliphatic carbocycles. The first kappa shape index (κ1) is 22.9. The number of thiocarbonyl (C=S) groups is 1. The molecule has 0 N–H and O–H groups in total. The molecule has 34 heavy (non-hydrogen) atoms. The Morgan fingerprint density at radius 3 is 2.82 bits per heavy atom. The number of carbonyl (C=O) groups is 2. The van der Waals surface area contributed by atoms with E-state index in [0.717, 1.165) is 17.7 Å². The molecule has 9 heteroatoms. The second kappa shape index (κ2) is 9.38. The lowest BCUT2D eigenvalue weighted by Gasteiger charge is -2.42. The lowest BCUT2D eigenvalue weighted by atomic mass is 9.83. The van der Waals surface area contributed by atoms with Gasteiger partial charge in [-0.1, -0.05) is 42.2 Å². The van der Waals surface area contributed by atoms with E-state index in [1.54, 1.807) is 25.3 Å². The number of methoxy groups -OCH3 is 1. The number of carbonyl (C=O) groups excluding carboxylic acids is 2. The molecule has 1 aromatic carbocycles. The molecule has 3 aliphatic heterocycles. The fourth-order valence-corrected chi connectivity index (χ4v) is 6.35. The summed E-state index contributed by atoms with van der Waals surface area (Å²) in [6, 6.07) is 12.9. The van der Waals surface area contributed by atoms with Gasteiger partial charge in [0.1, 0.15) is 10.1 Å². The highest BCUT2D eigenvalue weighted by molar-refractivity contribution is 8.26. The zero-order valence-electron chi connectivity index (χ0n) is 18.8. The van der Waals surface area contributed by atoms with Crippen LogP contribution in [0, 0.1) is 5.92 Å². The zero-order chi connectivity index (χ0) is 23.8. The number of amides is 2. The van der Waals surface area contributed by atoms with Crippen molar-refractivity contribution >= 4 is 46.2 Å². The second-order valence-corrected chi connectivity index (χ2v) is 10.5. The van der Waals surface area contributed by atoms with Crippen LogP contribution in [0.2, 0.25) is 0 Å². The van der Waals surface area contributed by atoms with Gasteiger partial charge in [-0.25, -0.2) is 0 Å². The molecule has 7 nitrogen and oxygen atoms in total. The number of rotatable bonds is 5. The molecule has 176 valence electrons. The van der Waals surface area contributed by atoms with Gasteiger partial charge in [-0.3, -0.25) is 19.3 Å². The van der Waals surface area contributed by atoms with Gasteiger partial charge < -0.3 is 14.2 Å². The average Bonchev–Trinajstić information content (AvgIpc) is 3.10. The Hall–Kier alpha value is -2.91. The predicted octanol–water partition coefficient (Wildman–Crippen LogP) is 3.09. The Bertz CT molecular complexity index is 1250. The second-order valence-electron chi connectivity index (χ2n) is 8.86. The van der Waals surface area contributed by atoms with Crippen molar-refractivity contribution < 1.29 is 14.3 Å². The van der Waals surface area contributed by atoms with Crippen molar-refractivity contribution in [1.82, 2.24) is 14.4 Å². The third-order valence-electron chi connectivity index (χ3n) is 6.65. The minimum atomic E-state index is -0.172. The van der Waals surface area contributed by atoms with Crippen molar-refractivity contribution in [2.24, 2.45) is 5.92 Å². The Kier molecular flexibility index (Phi) is 6.31. The smallest absolute Gasteiger partial charge is 0.266 e. The number of aromatic nitrogens is 1. The number of likely N-dealkylation sites (tertiary alicyclic amines) is 1. The van der Waals surface area contributed by atoms with Crippen molar-refractivity contribution in [2.45, 2.75) is 25.3 Å². The van der Waals surface area contributed by atoms with Crippen LogP contribution in [-0.4, -0.2) is 57.2 Å². The molecule has 0 saturated carbocycles. The van der Waals surface area contributed by atoms with E-state index >= 15 is 0 Å². The summed E-state index contributed by atoms with van der Waals surface area (Å²) in [7, 11) is 1.60. The van der Waals surface area contributed by atoms with E-state index in [0.29, 0.717) is 34.6 Å². The maximum absolute atomic E-state index is 13.1. The standard InChI is InChI=1S/C25H25N3O4S2/c1-32-19-5-2-4-16(11-19)12-21-24(31)27(25(33)34-21)9-8-22(29)26-13-17-10-18(15-26)20-6-3-7-23(30)28(20)14-17/h2-7,11-12,17-18H,8-10,13-15H2,1H3/t17-,18-/m0/s1. The minimum Gasteiger partial charge on any atom is -0.497 e. The van der Waals surface area contributed by atoms with Crippen LogP contribution in [-0.2, 0) is 16.1 Å². The van der Waals surface area contributed by atoms with Crippen molar-refractivity contribution in [3.63, 3.8) is 0 Å². The molecule has 2 aromatic rings. The predicted molar refractivity (Wildman–Crippen MR) is 136 cm³/mol. The number of ether oxygens (including phenoxy) is 1. The van der Waals surface area contributed by atoms with Crippen LogP contribution in [0.15, 0.2) is 52.2 Å². The number of hydrogen-bond acceptors (Lipinski definition) is 6. The number of fused-ring (bicyclic) bond motifs is 4. The van der Waals surface area contributed by atoms with E-state index in [1.165, 1.54) is 16.7 Å². The average molecular weight is 496 g/mol. The molecule has 2 atom stereocenters. The van der Waals surface area contributed by atoms with Crippen molar-refractivity contribution in [3.05, 3.63) is 69.0 Å². The first-order valence-electron chi connectivity index (χ1n) is 11.3. The fraction of sp³-hybridized carbons (Fsp3) is 0.360. The minimum absolute atomic E-state index is 0.0206. The molecule has 2 amide bonds. The zero-order valence-corrected chi connectivity index (χ0v) is 20.4. The SMILES string of the molecule is COc1cccc(C=C2SC(=S)N(CCC(=O)N3C[C@@H]4C[C@@H](C3)c3cccc(=O)n3C4)C2=O)c1. The summed E-state index contributed by atoms with van der Waals surface area (Å²) in [4.78, 5) is 42.2. The Labute approximate surface area is 207 Å². The van der Waals surface area contributed by atoms with Gasteiger partial charge in [0.05, 0.1) is 12.0 Å². The number of pyridine rings is 1. The first-order valence-corrected chi connectivity index (χ1v) is 12.5. The third-order valence-corrected chi connectivity index (χ3v) is 8.02. The quantitative estimate of drug-likeness (QED) is 0.469. The summed E-state index contributed by atoms with van der Waals surface area (Å²) in [5, 5.41) is 0. The first-order chi connectivity index (χ1) is 16.4. The van der Waals surface area contributed by atoms with Gasteiger partial charge in [0.2, 0.25) is 5.91 Å². The van der Waals surface area contributed by atoms with E-state index < -0.39 is 0 Å². The lowest BCUT2D eigenvalue weighted by Crippen LogP contribution is -2.49. The van der Waals surface area contributed by atoms with Crippen LogP contribution in [0.25, 0.3) is 6.08 Å². The van der Waals surface area contributed by atoms with E-state index in [-0.39, 0.29) is 42.2 Å². The number of thioether (sulfide) groups is 1. The van der Waals surface area contributed by atoms with Crippen LogP contribution in [0.4, 0.5) is 0 Å². The van der Waals surface area contributed by atoms with E-state index in [4.69, 9.17) is 17.0 Å². The Morgan fingerprint density at radius 1 is 1.18 bits per heavy atom. The maximum Gasteiger partial charge on any atom is 0.266 e. The van der Waals surface area contributed by atoms with Crippen molar-refractivity contribution in [3.8, 4) is 5.75 Å². The molecule has 5 rings (SSSR count). The molecular weight excluding hydrogens is 470 g/mol. The van der Waals surface area contributed by atoms with Crippen LogP contribution in [0.5, 0.6) is 5.75 Å². The molecule has 0 radical (unpaired) electrons. The largest absolute Gasteiger partial charge is 0.497 e. The molecule has 3 aliphatic rings. The molecule has 0 unspecified atom stereocenters. The number of piperidine rings is 1. The highest BCUT2D eigenvalue weighted by atomic mass is 32.2. The maximum atomic E-state index is 13.1. The summed E-state index contributed by atoms with van der Waals surface area (Å²) in [6.07, 6.45) is 3.02. The molecule has 2 fully saturated rings. The highest BCUT2D eigenvalue weighted by Crippen LogP contribution is 2.36. The number of benzene rings is 1. The third kappa shape index (κ3) is 4.42. The van der Waals surface area contributed by atoms with Crippen LogP contribution in [0.3, 0.4) is 0 Å². The fourth-order valence-electron chi connectivity index (χ4n) is 5.04. The van der Waals surface area contributed by atoms with Gasteiger partial charge in [-0.05, 0) is 42.2 Å². The summed E-state index contributed by atoms with van der Waals surface area (Å²) < 4.78 is 7.57. The molecule has 1 aromatic heterocycles. The van der Waals surface area contributed by atoms with Crippen LogP contribution >= 0.6 is 24.0 Å². The van der Waals surface area contributed by atoms with Crippen LogP contribution in [0.1, 0.15) is 30.0 Å². The summed E-state index contributed by atoms with van der Waals surface area (Å²) in [6.45, 7) is 2.16. The Morgan fingerprint density at radius 2 is 2.00 bits per heavy atom. The van der Waals surface area contributed by atoms with Gasteiger partial charge in [-0.15, -0.1) is 0 Å². The molecule has 2 saturated heterocycles. The Balaban J connectivity index is 1.23.